The standard InChI is InChI=1S/C9H14N2O/c1-6-11-8-7(12-6)4-10-5-9(8,2)3/h10H,4-5H2,1-3H3. The fourth-order valence-electron chi connectivity index (χ4n) is 1.69. The van der Waals surface area contributed by atoms with Crippen LogP contribution >= 0.6 is 0 Å². The summed E-state index contributed by atoms with van der Waals surface area (Å²) < 4.78 is 5.47. The Bertz CT molecular complexity index is 301. The molecule has 0 aliphatic carbocycles. The average Bonchev–Trinajstić information content (AvgIpc) is 2.30. The number of rotatable bonds is 0. The van der Waals surface area contributed by atoms with E-state index in [1.807, 2.05) is 6.92 Å². The summed E-state index contributed by atoms with van der Waals surface area (Å²) in [6.07, 6.45) is 0. The van der Waals surface area contributed by atoms with Gasteiger partial charge in [-0.15, -0.1) is 0 Å². The number of aromatic nitrogens is 1. The molecule has 0 aromatic carbocycles. The highest BCUT2D eigenvalue weighted by Crippen LogP contribution is 2.28. The van der Waals surface area contributed by atoms with Crippen LogP contribution in [0, 0.1) is 6.92 Å². The van der Waals surface area contributed by atoms with Crippen molar-refractivity contribution < 1.29 is 4.42 Å². The van der Waals surface area contributed by atoms with E-state index in [2.05, 4.69) is 24.1 Å². The van der Waals surface area contributed by atoms with E-state index in [4.69, 9.17) is 4.42 Å². The first-order chi connectivity index (χ1) is 5.59. The number of fused-ring (bicyclic) bond motifs is 1. The summed E-state index contributed by atoms with van der Waals surface area (Å²) in [5, 5.41) is 3.31. The predicted molar refractivity (Wildman–Crippen MR) is 46.0 cm³/mol. The monoisotopic (exact) mass is 166 g/mol. The van der Waals surface area contributed by atoms with Crippen molar-refractivity contribution in [2.75, 3.05) is 6.54 Å². The minimum absolute atomic E-state index is 0.116. The molecule has 3 nitrogen and oxygen atoms in total. The van der Waals surface area contributed by atoms with Gasteiger partial charge in [-0.3, -0.25) is 0 Å². The summed E-state index contributed by atoms with van der Waals surface area (Å²) in [7, 11) is 0. The molecule has 0 spiro atoms. The summed E-state index contributed by atoms with van der Waals surface area (Å²) >= 11 is 0. The van der Waals surface area contributed by atoms with Crippen molar-refractivity contribution in [3.05, 3.63) is 17.3 Å². The molecule has 66 valence electrons. The van der Waals surface area contributed by atoms with E-state index < -0.39 is 0 Å². The Morgan fingerprint density at radius 2 is 2.25 bits per heavy atom. The molecule has 12 heavy (non-hydrogen) atoms. The molecule has 0 radical (unpaired) electrons. The molecule has 1 aliphatic heterocycles. The highest BCUT2D eigenvalue weighted by Gasteiger charge is 2.31. The van der Waals surface area contributed by atoms with E-state index in [9.17, 15) is 0 Å². The van der Waals surface area contributed by atoms with Crippen LogP contribution in [-0.2, 0) is 12.0 Å². The van der Waals surface area contributed by atoms with Crippen molar-refractivity contribution in [2.45, 2.75) is 32.7 Å². The molecule has 1 aliphatic rings. The molecule has 2 rings (SSSR count). The van der Waals surface area contributed by atoms with Crippen LogP contribution in [0.25, 0.3) is 0 Å². The minimum Gasteiger partial charge on any atom is -0.444 e. The third kappa shape index (κ3) is 1.05. The molecular formula is C9H14N2O. The lowest BCUT2D eigenvalue weighted by Gasteiger charge is -2.27. The summed E-state index contributed by atoms with van der Waals surface area (Å²) in [5.41, 5.74) is 1.24. The largest absolute Gasteiger partial charge is 0.444 e. The lowest BCUT2D eigenvalue weighted by Crippen LogP contribution is -2.38. The van der Waals surface area contributed by atoms with Gasteiger partial charge >= 0.3 is 0 Å². The van der Waals surface area contributed by atoms with E-state index >= 15 is 0 Å². The number of oxazole rings is 1. The molecule has 0 saturated carbocycles. The van der Waals surface area contributed by atoms with Crippen LogP contribution in [-0.4, -0.2) is 11.5 Å². The smallest absolute Gasteiger partial charge is 0.191 e. The van der Waals surface area contributed by atoms with E-state index in [0.29, 0.717) is 0 Å². The lowest BCUT2D eigenvalue weighted by molar-refractivity contribution is 0.377. The number of nitrogens with zero attached hydrogens (tertiary/aromatic N) is 1. The molecule has 0 fully saturated rings. The molecular weight excluding hydrogens is 152 g/mol. The van der Waals surface area contributed by atoms with Gasteiger partial charge in [0.25, 0.3) is 0 Å². The Morgan fingerprint density at radius 1 is 1.50 bits per heavy atom. The van der Waals surface area contributed by atoms with Crippen molar-refractivity contribution in [1.29, 1.82) is 0 Å². The van der Waals surface area contributed by atoms with E-state index in [-0.39, 0.29) is 5.41 Å². The molecule has 1 aromatic heterocycles. The fraction of sp³-hybridized carbons (Fsp3) is 0.667. The highest BCUT2D eigenvalue weighted by atomic mass is 16.4. The van der Waals surface area contributed by atoms with Crippen LogP contribution in [0.15, 0.2) is 4.42 Å². The van der Waals surface area contributed by atoms with E-state index in [0.717, 1.165) is 30.4 Å². The molecule has 0 saturated heterocycles. The van der Waals surface area contributed by atoms with Crippen molar-refractivity contribution in [3.8, 4) is 0 Å². The topological polar surface area (TPSA) is 38.1 Å². The van der Waals surface area contributed by atoms with Gasteiger partial charge in [-0.25, -0.2) is 4.98 Å². The van der Waals surface area contributed by atoms with Crippen LogP contribution < -0.4 is 5.32 Å². The first-order valence-corrected chi connectivity index (χ1v) is 4.27. The molecule has 0 unspecified atom stereocenters. The third-order valence-corrected chi connectivity index (χ3v) is 2.30. The zero-order valence-electron chi connectivity index (χ0n) is 7.77. The molecule has 1 N–H and O–H groups in total. The van der Waals surface area contributed by atoms with Crippen molar-refractivity contribution in [3.63, 3.8) is 0 Å². The van der Waals surface area contributed by atoms with Crippen LogP contribution in [0.3, 0.4) is 0 Å². The van der Waals surface area contributed by atoms with Gasteiger partial charge in [0.05, 0.1) is 12.2 Å². The van der Waals surface area contributed by atoms with Gasteiger partial charge in [0.2, 0.25) is 0 Å². The van der Waals surface area contributed by atoms with Gasteiger partial charge in [-0.05, 0) is 0 Å². The minimum atomic E-state index is 0.116. The summed E-state index contributed by atoms with van der Waals surface area (Å²) in [5.74, 6) is 1.78. The number of hydrogen-bond donors (Lipinski definition) is 1. The molecule has 0 amide bonds. The molecule has 2 heterocycles. The Balaban J connectivity index is 2.51. The van der Waals surface area contributed by atoms with Crippen LogP contribution in [0.2, 0.25) is 0 Å². The second-order valence-electron chi connectivity index (χ2n) is 3.99. The van der Waals surface area contributed by atoms with Crippen LogP contribution in [0.5, 0.6) is 0 Å². The van der Waals surface area contributed by atoms with E-state index in [1.165, 1.54) is 0 Å². The predicted octanol–water partition coefficient (Wildman–Crippen LogP) is 1.36. The Kier molecular flexibility index (Phi) is 1.51. The van der Waals surface area contributed by atoms with E-state index in [1.54, 1.807) is 0 Å². The Labute approximate surface area is 72.2 Å². The maximum absolute atomic E-state index is 5.47. The van der Waals surface area contributed by atoms with Crippen LogP contribution in [0.4, 0.5) is 0 Å². The van der Waals surface area contributed by atoms with Gasteiger partial charge in [0.15, 0.2) is 5.89 Å². The van der Waals surface area contributed by atoms with Crippen molar-refractivity contribution in [2.24, 2.45) is 0 Å². The zero-order chi connectivity index (χ0) is 8.77. The quantitative estimate of drug-likeness (QED) is 0.632. The lowest BCUT2D eigenvalue weighted by atomic mass is 9.86. The maximum Gasteiger partial charge on any atom is 0.191 e. The van der Waals surface area contributed by atoms with Gasteiger partial charge in [-0.1, -0.05) is 13.8 Å². The van der Waals surface area contributed by atoms with Crippen molar-refractivity contribution in [1.82, 2.24) is 10.3 Å². The molecule has 1 aromatic rings. The molecule has 0 atom stereocenters. The number of hydrogen-bond acceptors (Lipinski definition) is 3. The number of aryl methyl sites for hydroxylation is 1. The van der Waals surface area contributed by atoms with Gasteiger partial charge in [0.1, 0.15) is 5.76 Å². The van der Waals surface area contributed by atoms with Gasteiger partial charge < -0.3 is 9.73 Å². The van der Waals surface area contributed by atoms with Crippen molar-refractivity contribution >= 4 is 0 Å². The van der Waals surface area contributed by atoms with Gasteiger partial charge in [0, 0.05) is 18.9 Å². The summed E-state index contributed by atoms with van der Waals surface area (Å²) in [6.45, 7) is 8.06. The first kappa shape index (κ1) is 7.80. The first-order valence-electron chi connectivity index (χ1n) is 4.27. The second kappa shape index (κ2) is 2.33. The Morgan fingerprint density at radius 3 is 2.92 bits per heavy atom. The summed E-state index contributed by atoms with van der Waals surface area (Å²) in [6, 6.07) is 0. The normalized spacial score (nSPS) is 20.6. The average molecular weight is 166 g/mol. The second-order valence-corrected chi connectivity index (χ2v) is 3.99. The summed E-state index contributed by atoms with van der Waals surface area (Å²) in [4.78, 5) is 4.40. The van der Waals surface area contributed by atoms with Crippen LogP contribution in [0.1, 0.15) is 31.2 Å². The third-order valence-electron chi connectivity index (χ3n) is 2.30. The molecule has 3 heteroatoms. The maximum atomic E-state index is 5.47. The SMILES string of the molecule is Cc1nc2c(o1)CNCC2(C)C. The fourth-order valence-corrected chi connectivity index (χ4v) is 1.69. The Hall–Kier alpha value is -0.830. The number of nitrogens with one attached hydrogen (secondary N) is 1. The van der Waals surface area contributed by atoms with Gasteiger partial charge in [-0.2, -0.15) is 0 Å². The molecule has 0 bridgehead atoms. The highest BCUT2D eigenvalue weighted by molar-refractivity contribution is 5.22. The zero-order valence-corrected chi connectivity index (χ0v) is 7.77.